The summed E-state index contributed by atoms with van der Waals surface area (Å²) < 4.78 is 11.8. The first kappa shape index (κ1) is 19.7. The lowest BCUT2D eigenvalue weighted by atomic mass is 10.1. The van der Waals surface area contributed by atoms with Gasteiger partial charge in [0, 0.05) is 17.4 Å². The molecule has 0 unspecified atom stereocenters. The molecule has 0 saturated heterocycles. The van der Waals surface area contributed by atoms with Gasteiger partial charge in [0.1, 0.15) is 22.8 Å². The van der Waals surface area contributed by atoms with Crippen molar-refractivity contribution in [2.75, 3.05) is 6.61 Å². The number of furan rings is 1. The molecule has 4 rings (SSSR count). The summed E-state index contributed by atoms with van der Waals surface area (Å²) in [6.07, 6.45) is 2.60. The number of carbonyl (C=O) groups is 1. The number of nitrogens with zero attached hydrogens (tertiary/aromatic N) is 1. The fraction of sp³-hybridized carbons (Fsp3) is 0.217. The molecule has 0 aliphatic rings. The molecular weight excluding hydrogens is 382 g/mol. The van der Waals surface area contributed by atoms with E-state index in [1.54, 1.807) is 6.92 Å². The van der Waals surface area contributed by atoms with Crippen molar-refractivity contribution in [2.45, 2.75) is 25.5 Å². The van der Waals surface area contributed by atoms with E-state index in [0.29, 0.717) is 24.5 Å². The van der Waals surface area contributed by atoms with Gasteiger partial charge in [0.15, 0.2) is 0 Å². The van der Waals surface area contributed by atoms with Crippen LogP contribution >= 0.6 is 0 Å². The van der Waals surface area contributed by atoms with Gasteiger partial charge in [0.2, 0.25) is 0 Å². The monoisotopic (exact) mass is 405 g/mol. The Hall–Kier alpha value is -3.58. The smallest absolute Gasteiger partial charge is 0.269 e. The maximum atomic E-state index is 12.2. The number of hydrogen-bond donors (Lipinski definition) is 3. The normalized spacial score (nSPS) is 13.1. The summed E-state index contributed by atoms with van der Waals surface area (Å²) in [6, 6.07) is 17.1. The number of benzene rings is 2. The number of fused-ring (bicyclic) bond motifs is 1. The van der Waals surface area contributed by atoms with E-state index >= 15 is 0 Å². The minimum Gasteiger partial charge on any atom is -0.493 e. The molecule has 2 aromatic heterocycles. The number of amides is 1. The molecule has 0 aliphatic heterocycles. The number of aromatic nitrogens is 2. The van der Waals surface area contributed by atoms with E-state index in [9.17, 15) is 9.90 Å². The highest BCUT2D eigenvalue weighted by Crippen LogP contribution is 2.29. The zero-order valence-electron chi connectivity index (χ0n) is 16.5. The minimum atomic E-state index is -0.720. The number of H-pyrrole nitrogens is 1. The Kier molecular flexibility index (Phi) is 5.81. The standard InChI is InChI=1S/C23H23N3O4/c1-15(27)19(26-23(28)20-13-24-14-25-20)9-10-29-18-7-4-6-16(11-18)22-12-17-5-2-3-8-21(17)30-22/h2-8,11-15,19,27H,9-10H2,1H3,(H,24,25)(H,26,28)/t15-,19+/m0/s1. The van der Waals surface area contributed by atoms with E-state index in [4.69, 9.17) is 9.15 Å². The molecule has 0 aliphatic carbocycles. The van der Waals surface area contributed by atoms with Crippen LogP contribution in [0.1, 0.15) is 23.8 Å². The molecule has 3 N–H and O–H groups in total. The molecule has 2 aromatic carbocycles. The maximum Gasteiger partial charge on any atom is 0.269 e. The number of aromatic amines is 1. The lowest BCUT2D eigenvalue weighted by Crippen LogP contribution is -2.43. The maximum absolute atomic E-state index is 12.2. The Bertz CT molecular complexity index is 1090. The number of carbonyl (C=O) groups excluding carboxylic acids is 1. The first-order valence-electron chi connectivity index (χ1n) is 9.79. The van der Waals surface area contributed by atoms with Crippen molar-refractivity contribution in [1.29, 1.82) is 0 Å². The van der Waals surface area contributed by atoms with Crippen LogP contribution in [0, 0.1) is 0 Å². The average molecular weight is 405 g/mol. The SMILES string of the molecule is C[C@H](O)[C@@H](CCOc1cccc(-c2cc3ccccc3o2)c1)NC(=O)c1cnc[nH]1. The molecule has 154 valence electrons. The van der Waals surface area contributed by atoms with Crippen molar-refractivity contribution in [3.8, 4) is 17.1 Å². The number of para-hydroxylation sites is 1. The molecule has 30 heavy (non-hydrogen) atoms. The van der Waals surface area contributed by atoms with Crippen LogP contribution in [0.5, 0.6) is 5.75 Å². The quantitative estimate of drug-likeness (QED) is 0.414. The van der Waals surface area contributed by atoms with Gasteiger partial charge in [0.25, 0.3) is 5.91 Å². The Morgan fingerprint density at radius 1 is 1.23 bits per heavy atom. The second kappa shape index (κ2) is 8.84. The highest BCUT2D eigenvalue weighted by Gasteiger charge is 2.19. The third-order valence-corrected chi connectivity index (χ3v) is 4.88. The first-order valence-corrected chi connectivity index (χ1v) is 9.79. The lowest BCUT2D eigenvalue weighted by Gasteiger charge is -2.21. The number of aliphatic hydroxyl groups is 1. The Morgan fingerprint density at radius 2 is 2.10 bits per heavy atom. The fourth-order valence-electron chi connectivity index (χ4n) is 3.23. The number of aliphatic hydroxyl groups excluding tert-OH is 1. The van der Waals surface area contributed by atoms with Crippen LogP contribution in [0.25, 0.3) is 22.3 Å². The predicted octanol–water partition coefficient (Wildman–Crippen LogP) is 3.77. The summed E-state index contributed by atoms with van der Waals surface area (Å²) in [4.78, 5) is 18.8. The molecular formula is C23H23N3O4. The van der Waals surface area contributed by atoms with Crippen molar-refractivity contribution in [2.24, 2.45) is 0 Å². The first-order chi connectivity index (χ1) is 14.6. The molecule has 0 bridgehead atoms. The molecule has 0 fully saturated rings. The van der Waals surface area contributed by atoms with Crippen LogP contribution in [-0.4, -0.2) is 39.7 Å². The Morgan fingerprint density at radius 3 is 2.87 bits per heavy atom. The van der Waals surface area contributed by atoms with Gasteiger partial charge in [-0.2, -0.15) is 0 Å². The second-order valence-corrected chi connectivity index (χ2v) is 7.10. The van der Waals surface area contributed by atoms with Crippen molar-refractivity contribution in [3.05, 3.63) is 72.8 Å². The van der Waals surface area contributed by atoms with Gasteiger partial charge in [-0.25, -0.2) is 4.98 Å². The summed E-state index contributed by atoms with van der Waals surface area (Å²) in [5.41, 5.74) is 2.11. The van der Waals surface area contributed by atoms with Crippen LogP contribution in [0.2, 0.25) is 0 Å². The molecule has 0 saturated carbocycles. The molecule has 0 radical (unpaired) electrons. The van der Waals surface area contributed by atoms with Crippen molar-refractivity contribution in [1.82, 2.24) is 15.3 Å². The fourth-order valence-corrected chi connectivity index (χ4v) is 3.23. The summed E-state index contributed by atoms with van der Waals surface area (Å²) in [5, 5.41) is 13.9. The van der Waals surface area contributed by atoms with Crippen LogP contribution < -0.4 is 10.1 Å². The average Bonchev–Trinajstić information content (AvgIpc) is 3.43. The summed E-state index contributed by atoms with van der Waals surface area (Å²) in [5.74, 6) is 1.15. The third kappa shape index (κ3) is 4.52. The van der Waals surface area contributed by atoms with E-state index in [0.717, 1.165) is 22.3 Å². The van der Waals surface area contributed by atoms with E-state index < -0.39 is 12.1 Å². The van der Waals surface area contributed by atoms with Gasteiger partial charge >= 0.3 is 0 Å². The molecule has 4 aromatic rings. The summed E-state index contributed by atoms with van der Waals surface area (Å²) >= 11 is 0. The number of ether oxygens (including phenoxy) is 1. The number of rotatable bonds is 8. The molecule has 2 heterocycles. The van der Waals surface area contributed by atoms with Gasteiger partial charge in [-0.3, -0.25) is 4.79 Å². The zero-order chi connectivity index (χ0) is 20.9. The zero-order valence-corrected chi connectivity index (χ0v) is 16.5. The topological polar surface area (TPSA) is 100 Å². The van der Waals surface area contributed by atoms with Gasteiger partial charge in [0.05, 0.1) is 31.3 Å². The summed E-state index contributed by atoms with van der Waals surface area (Å²) in [7, 11) is 0. The van der Waals surface area contributed by atoms with Crippen LogP contribution in [0.3, 0.4) is 0 Å². The Balaban J connectivity index is 1.38. The van der Waals surface area contributed by atoms with E-state index in [1.807, 2.05) is 54.6 Å². The van der Waals surface area contributed by atoms with E-state index in [-0.39, 0.29) is 5.91 Å². The largest absolute Gasteiger partial charge is 0.493 e. The molecule has 7 heteroatoms. The van der Waals surface area contributed by atoms with Gasteiger partial charge in [-0.15, -0.1) is 0 Å². The van der Waals surface area contributed by atoms with Crippen LogP contribution in [0.15, 0.2) is 71.5 Å². The van der Waals surface area contributed by atoms with E-state index in [2.05, 4.69) is 15.3 Å². The van der Waals surface area contributed by atoms with Gasteiger partial charge < -0.3 is 24.6 Å². The number of hydrogen-bond acceptors (Lipinski definition) is 5. The molecule has 7 nitrogen and oxygen atoms in total. The lowest BCUT2D eigenvalue weighted by molar-refractivity contribution is 0.0827. The van der Waals surface area contributed by atoms with Crippen molar-refractivity contribution in [3.63, 3.8) is 0 Å². The molecule has 0 spiro atoms. The van der Waals surface area contributed by atoms with Crippen molar-refractivity contribution >= 4 is 16.9 Å². The molecule has 2 atom stereocenters. The highest BCUT2D eigenvalue weighted by molar-refractivity contribution is 5.92. The predicted molar refractivity (Wildman–Crippen MR) is 113 cm³/mol. The van der Waals surface area contributed by atoms with Crippen molar-refractivity contribution < 1.29 is 19.1 Å². The third-order valence-electron chi connectivity index (χ3n) is 4.88. The van der Waals surface area contributed by atoms with Crippen LogP contribution in [-0.2, 0) is 0 Å². The number of nitrogens with one attached hydrogen (secondary N) is 2. The van der Waals surface area contributed by atoms with Gasteiger partial charge in [-0.05, 0) is 31.2 Å². The van der Waals surface area contributed by atoms with E-state index in [1.165, 1.54) is 12.5 Å². The second-order valence-electron chi connectivity index (χ2n) is 7.10. The minimum absolute atomic E-state index is 0.315. The highest BCUT2D eigenvalue weighted by atomic mass is 16.5. The summed E-state index contributed by atoms with van der Waals surface area (Å²) in [6.45, 7) is 1.97. The number of imidazole rings is 1. The van der Waals surface area contributed by atoms with Crippen LogP contribution in [0.4, 0.5) is 0 Å². The Labute approximate surface area is 173 Å². The van der Waals surface area contributed by atoms with Gasteiger partial charge in [-0.1, -0.05) is 30.3 Å². The molecule has 1 amide bonds.